The minimum absolute atomic E-state index is 0.143. The molecule has 2 aromatic carbocycles. The molecular formula is C25H25F3N4O. The first-order valence-electron chi connectivity index (χ1n) is 10.6. The highest BCUT2D eigenvalue weighted by Gasteiger charge is 2.30. The number of allylic oxidation sites excluding steroid dienone is 1. The zero-order chi connectivity index (χ0) is 23.6. The van der Waals surface area contributed by atoms with E-state index in [0.29, 0.717) is 5.88 Å². The Morgan fingerprint density at radius 2 is 1.85 bits per heavy atom. The van der Waals surface area contributed by atoms with Crippen LogP contribution in [-0.2, 0) is 6.54 Å². The van der Waals surface area contributed by atoms with Crippen molar-refractivity contribution in [3.8, 4) is 11.1 Å². The fraction of sp³-hybridized carbons (Fsp3) is 0.280. The third-order valence-corrected chi connectivity index (χ3v) is 5.59. The third kappa shape index (κ3) is 5.17. The smallest absolute Gasteiger partial charge is 0.338 e. The van der Waals surface area contributed by atoms with Crippen molar-refractivity contribution in [2.75, 3.05) is 18.5 Å². The molecule has 4 rings (SSSR count). The molecule has 8 heteroatoms. The number of hydrogen-bond acceptors (Lipinski definition) is 5. The first kappa shape index (κ1) is 22.8. The second-order valence-corrected chi connectivity index (χ2v) is 8.19. The number of anilines is 1. The Morgan fingerprint density at radius 3 is 2.52 bits per heavy atom. The van der Waals surface area contributed by atoms with Gasteiger partial charge in [0.05, 0.1) is 12.2 Å². The van der Waals surface area contributed by atoms with Gasteiger partial charge in [-0.15, -0.1) is 0 Å². The molecule has 1 aliphatic rings. The fourth-order valence-electron chi connectivity index (χ4n) is 3.94. The number of benzene rings is 2. The molecule has 0 saturated carbocycles. The highest BCUT2D eigenvalue weighted by atomic mass is 19.4. The van der Waals surface area contributed by atoms with E-state index in [1.165, 1.54) is 11.9 Å². The molecule has 33 heavy (non-hydrogen) atoms. The molecule has 3 aromatic rings. The van der Waals surface area contributed by atoms with Crippen molar-refractivity contribution in [2.45, 2.75) is 32.7 Å². The van der Waals surface area contributed by atoms with Gasteiger partial charge in [0.2, 0.25) is 5.88 Å². The van der Waals surface area contributed by atoms with Crippen LogP contribution in [0.15, 0.2) is 70.3 Å². The zero-order valence-electron chi connectivity index (χ0n) is 18.7. The molecule has 1 atom stereocenters. The van der Waals surface area contributed by atoms with Gasteiger partial charge in [0.15, 0.2) is 6.17 Å². The van der Waals surface area contributed by atoms with Crippen LogP contribution < -0.4 is 4.90 Å². The lowest BCUT2D eigenvalue weighted by atomic mass is 9.96. The van der Waals surface area contributed by atoms with Crippen LogP contribution >= 0.6 is 0 Å². The monoisotopic (exact) mass is 454 g/mol. The van der Waals surface area contributed by atoms with E-state index in [2.05, 4.69) is 10.1 Å². The van der Waals surface area contributed by atoms with Gasteiger partial charge in [-0.2, -0.15) is 13.2 Å². The summed E-state index contributed by atoms with van der Waals surface area (Å²) in [4.78, 5) is 7.78. The minimum atomic E-state index is -4.27. The van der Waals surface area contributed by atoms with Crippen LogP contribution in [0.4, 0.5) is 19.1 Å². The lowest BCUT2D eigenvalue weighted by Crippen LogP contribution is -2.31. The quantitative estimate of drug-likeness (QED) is 0.455. The summed E-state index contributed by atoms with van der Waals surface area (Å²) in [6.07, 6.45) is 0.698. The Labute approximate surface area is 190 Å². The first-order valence-corrected chi connectivity index (χ1v) is 10.6. The molecule has 0 spiro atoms. The predicted molar refractivity (Wildman–Crippen MR) is 123 cm³/mol. The van der Waals surface area contributed by atoms with Crippen LogP contribution in [0.5, 0.6) is 0 Å². The van der Waals surface area contributed by atoms with Crippen molar-refractivity contribution in [3.05, 3.63) is 83.2 Å². The van der Waals surface area contributed by atoms with Gasteiger partial charge in [0, 0.05) is 24.5 Å². The fourth-order valence-corrected chi connectivity index (χ4v) is 3.94. The maximum absolute atomic E-state index is 13.0. The molecule has 0 saturated heterocycles. The predicted octanol–water partition coefficient (Wildman–Crippen LogP) is 6.06. The van der Waals surface area contributed by atoms with Gasteiger partial charge in [-0.1, -0.05) is 47.6 Å². The average Bonchev–Trinajstić information content (AvgIpc) is 3.11. The summed E-state index contributed by atoms with van der Waals surface area (Å²) in [5, 5.41) is 4.05. The van der Waals surface area contributed by atoms with Crippen molar-refractivity contribution >= 4 is 12.1 Å². The minimum Gasteiger partial charge on any atom is -0.338 e. The molecule has 0 fully saturated rings. The van der Waals surface area contributed by atoms with Gasteiger partial charge in [-0.3, -0.25) is 14.8 Å². The Morgan fingerprint density at radius 1 is 1.09 bits per heavy atom. The highest BCUT2D eigenvalue weighted by Crippen LogP contribution is 2.36. The second-order valence-electron chi connectivity index (χ2n) is 8.19. The Bertz CT molecular complexity index is 1170. The summed E-state index contributed by atoms with van der Waals surface area (Å²) in [7, 11) is 1.48. The van der Waals surface area contributed by atoms with Crippen LogP contribution in [0, 0.1) is 13.8 Å². The molecule has 0 radical (unpaired) electrons. The van der Waals surface area contributed by atoms with Crippen molar-refractivity contribution < 1.29 is 17.7 Å². The molecule has 0 N–H and O–H groups in total. The maximum Gasteiger partial charge on any atom is 0.401 e. The largest absolute Gasteiger partial charge is 0.401 e. The van der Waals surface area contributed by atoms with Crippen LogP contribution in [0.1, 0.15) is 28.6 Å². The van der Waals surface area contributed by atoms with E-state index >= 15 is 0 Å². The maximum atomic E-state index is 13.0. The zero-order valence-corrected chi connectivity index (χ0v) is 18.7. The average molecular weight is 454 g/mol. The van der Waals surface area contributed by atoms with E-state index in [1.807, 2.05) is 79.6 Å². The molecule has 0 bridgehead atoms. The van der Waals surface area contributed by atoms with Gasteiger partial charge < -0.3 is 4.52 Å². The van der Waals surface area contributed by atoms with Crippen LogP contribution in [0.2, 0.25) is 0 Å². The standard InChI is InChI=1S/C25H25F3N4O/c1-17-18(2)30-33-24(17)32-13-7-12-29-23(32)20-10-11-22(19-8-5-4-6-9-19)21(14-20)15-31(3)16-25(26,27)28/h4-14,23H,15-16H2,1-3H3. The van der Waals surface area contributed by atoms with Crippen molar-refractivity contribution in [2.24, 2.45) is 4.99 Å². The molecule has 1 unspecified atom stereocenters. The number of aryl methyl sites for hydroxylation is 1. The lowest BCUT2D eigenvalue weighted by molar-refractivity contribution is -0.144. The van der Waals surface area contributed by atoms with Crippen molar-refractivity contribution in [1.29, 1.82) is 0 Å². The number of halogens is 3. The van der Waals surface area contributed by atoms with Gasteiger partial charge in [0.1, 0.15) is 0 Å². The molecule has 2 heterocycles. The van der Waals surface area contributed by atoms with E-state index in [0.717, 1.165) is 33.5 Å². The van der Waals surface area contributed by atoms with Crippen LogP contribution in [0.25, 0.3) is 11.1 Å². The van der Waals surface area contributed by atoms with Gasteiger partial charge in [-0.25, -0.2) is 0 Å². The summed E-state index contributed by atoms with van der Waals surface area (Å²) in [6.45, 7) is 2.96. The molecule has 0 amide bonds. The lowest BCUT2D eigenvalue weighted by Gasteiger charge is -2.29. The number of alkyl halides is 3. The molecular weight excluding hydrogens is 429 g/mol. The number of aliphatic imine (C=N–C) groups is 1. The van der Waals surface area contributed by atoms with Crippen molar-refractivity contribution in [3.63, 3.8) is 0 Å². The van der Waals surface area contributed by atoms with Gasteiger partial charge in [0.25, 0.3) is 0 Å². The van der Waals surface area contributed by atoms with E-state index < -0.39 is 18.9 Å². The molecule has 1 aliphatic heterocycles. The van der Waals surface area contributed by atoms with Gasteiger partial charge >= 0.3 is 6.18 Å². The summed E-state index contributed by atoms with van der Waals surface area (Å²) < 4.78 is 44.5. The topological polar surface area (TPSA) is 44.9 Å². The number of hydrogen-bond donors (Lipinski definition) is 0. The van der Waals surface area contributed by atoms with E-state index in [4.69, 9.17) is 4.52 Å². The molecule has 0 aliphatic carbocycles. The van der Waals surface area contributed by atoms with E-state index in [9.17, 15) is 13.2 Å². The van der Waals surface area contributed by atoms with Crippen molar-refractivity contribution in [1.82, 2.24) is 10.1 Å². The second kappa shape index (κ2) is 9.23. The summed E-state index contributed by atoms with van der Waals surface area (Å²) in [6, 6.07) is 15.5. The van der Waals surface area contributed by atoms with Gasteiger partial charge in [-0.05, 0) is 55.3 Å². The van der Waals surface area contributed by atoms with Crippen LogP contribution in [-0.4, -0.2) is 36.0 Å². The Balaban J connectivity index is 1.73. The number of aromatic nitrogens is 1. The first-order chi connectivity index (χ1) is 15.7. The highest BCUT2D eigenvalue weighted by molar-refractivity contribution is 5.75. The SMILES string of the molecule is Cc1noc(N2C=CC=NC2c2ccc(-c3ccccc3)c(CN(C)CC(F)(F)F)c2)c1C. The Hall–Kier alpha value is -3.39. The number of nitrogens with zero attached hydrogens (tertiary/aromatic N) is 4. The molecule has 5 nitrogen and oxygen atoms in total. The molecule has 172 valence electrons. The van der Waals surface area contributed by atoms with E-state index in [1.54, 1.807) is 6.21 Å². The normalized spacial score (nSPS) is 16.1. The van der Waals surface area contributed by atoms with Crippen LogP contribution in [0.3, 0.4) is 0 Å². The van der Waals surface area contributed by atoms with E-state index in [-0.39, 0.29) is 6.54 Å². The molecule has 1 aromatic heterocycles. The summed E-state index contributed by atoms with van der Waals surface area (Å²) in [5.74, 6) is 0.591. The Kier molecular flexibility index (Phi) is 6.37. The summed E-state index contributed by atoms with van der Waals surface area (Å²) in [5.41, 5.74) is 5.18. The summed E-state index contributed by atoms with van der Waals surface area (Å²) >= 11 is 0. The third-order valence-electron chi connectivity index (χ3n) is 5.59. The number of rotatable bonds is 6.